The molecule has 2 aliphatic carbocycles. The Kier molecular flexibility index (Phi) is 6.04. The number of Topliss-reactive ketones (excluding diaryl/α,β-unsaturated/α-hetero) is 1. The summed E-state index contributed by atoms with van der Waals surface area (Å²) in [6.07, 6.45) is 1.43. The number of aliphatic hydroxyl groups is 2. The number of cyclic esters (lactones) is 2. The molecule has 230 valence electrons. The highest BCUT2D eigenvalue weighted by Crippen LogP contribution is 2.80. The fraction of sp³-hybridized carbons (Fsp3) is 0.781. The van der Waals surface area contributed by atoms with Crippen molar-refractivity contribution >= 4 is 17.7 Å². The molecule has 4 aliphatic heterocycles. The van der Waals surface area contributed by atoms with Gasteiger partial charge in [0.2, 0.25) is 0 Å². The quantitative estimate of drug-likeness (QED) is 0.377. The monoisotopic (exact) mass is 586 g/mol. The van der Waals surface area contributed by atoms with Crippen molar-refractivity contribution in [2.75, 3.05) is 13.2 Å². The smallest absolute Gasteiger partial charge is 0.339 e. The first-order valence-electron chi connectivity index (χ1n) is 15.4. The topological polar surface area (TPSA) is 145 Å². The number of ketones is 1. The van der Waals surface area contributed by atoms with Gasteiger partial charge < -0.3 is 33.6 Å². The lowest BCUT2D eigenvalue weighted by atomic mass is 9.36. The molecule has 42 heavy (non-hydrogen) atoms. The lowest BCUT2D eigenvalue weighted by molar-refractivity contribution is -0.252. The second-order valence-corrected chi connectivity index (χ2v) is 14.6. The van der Waals surface area contributed by atoms with Gasteiger partial charge in [-0.05, 0) is 51.0 Å². The molecule has 0 aromatic carbocycles. The zero-order chi connectivity index (χ0) is 30.0. The van der Waals surface area contributed by atoms with Crippen LogP contribution >= 0.6 is 0 Å². The minimum Gasteiger partial charge on any atom is -0.469 e. The lowest BCUT2D eigenvalue weighted by Gasteiger charge is -2.66. The van der Waals surface area contributed by atoms with Gasteiger partial charge >= 0.3 is 11.9 Å². The maximum atomic E-state index is 14.3. The Labute approximate surface area is 245 Å². The van der Waals surface area contributed by atoms with Crippen LogP contribution in [0.25, 0.3) is 0 Å². The molecule has 4 saturated heterocycles. The summed E-state index contributed by atoms with van der Waals surface area (Å²) < 4.78 is 30.7. The molecule has 10 heteroatoms. The van der Waals surface area contributed by atoms with E-state index in [1.807, 2.05) is 33.8 Å². The molecule has 6 aliphatic rings. The summed E-state index contributed by atoms with van der Waals surface area (Å²) in [5, 5.41) is 22.0. The number of hydrogen-bond donors (Lipinski definition) is 2. The van der Waals surface area contributed by atoms with Crippen LogP contribution in [0.5, 0.6) is 0 Å². The van der Waals surface area contributed by atoms with Crippen LogP contribution in [-0.2, 0) is 39.8 Å². The van der Waals surface area contributed by atoms with Crippen LogP contribution in [0, 0.1) is 34.0 Å². The molecule has 1 aromatic rings. The molecule has 0 bridgehead atoms. The average molecular weight is 587 g/mol. The largest absolute Gasteiger partial charge is 0.469 e. The van der Waals surface area contributed by atoms with Gasteiger partial charge in [-0.3, -0.25) is 9.59 Å². The maximum Gasteiger partial charge on any atom is 0.339 e. The number of esters is 2. The molecular weight excluding hydrogens is 544 g/mol. The summed E-state index contributed by atoms with van der Waals surface area (Å²) in [6.45, 7) is 9.74. The van der Waals surface area contributed by atoms with Gasteiger partial charge in [0.25, 0.3) is 0 Å². The van der Waals surface area contributed by atoms with Crippen LogP contribution in [0.15, 0.2) is 16.7 Å². The summed E-state index contributed by atoms with van der Waals surface area (Å²) in [5.74, 6) is -1.56. The summed E-state index contributed by atoms with van der Waals surface area (Å²) in [4.78, 5) is 40.4. The van der Waals surface area contributed by atoms with E-state index in [9.17, 15) is 24.6 Å². The number of ether oxygens (including phenoxy) is 4. The number of aliphatic hydroxyl groups excluding tert-OH is 2. The molecule has 6 fully saturated rings. The Morgan fingerprint density at radius 2 is 1.86 bits per heavy atom. The van der Waals surface area contributed by atoms with E-state index in [4.69, 9.17) is 23.4 Å². The van der Waals surface area contributed by atoms with Crippen molar-refractivity contribution < 1.29 is 48.0 Å². The number of hydrogen-bond acceptors (Lipinski definition) is 10. The van der Waals surface area contributed by atoms with Crippen molar-refractivity contribution in [3.8, 4) is 0 Å². The predicted octanol–water partition coefficient (Wildman–Crippen LogP) is 3.06. The molecule has 0 amide bonds. The minimum absolute atomic E-state index is 0.00428. The normalized spacial score (nSPS) is 47.3. The van der Waals surface area contributed by atoms with E-state index in [2.05, 4.69) is 6.92 Å². The number of rotatable bonds is 6. The Morgan fingerprint density at radius 3 is 2.57 bits per heavy atom. The average Bonchev–Trinajstić information content (AvgIpc) is 3.49. The van der Waals surface area contributed by atoms with Crippen LogP contribution in [-0.4, -0.2) is 70.7 Å². The van der Waals surface area contributed by atoms with Gasteiger partial charge in [-0.15, -0.1) is 0 Å². The fourth-order valence-electron chi connectivity index (χ4n) is 10.7. The predicted molar refractivity (Wildman–Crippen MR) is 145 cm³/mol. The summed E-state index contributed by atoms with van der Waals surface area (Å²) >= 11 is 0. The van der Waals surface area contributed by atoms with Crippen molar-refractivity contribution in [2.45, 2.75) is 109 Å². The van der Waals surface area contributed by atoms with Crippen LogP contribution in [0.2, 0.25) is 0 Å². The Morgan fingerprint density at radius 1 is 1.10 bits per heavy atom. The molecule has 7 rings (SSSR count). The lowest BCUT2D eigenvalue weighted by Crippen LogP contribution is -2.76. The van der Waals surface area contributed by atoms with E-state index in [0.717, 1.165) is 18.4 Å². The van der Waals surface area contributed by atoms with E-state index >= 15 is 0 Å². The van der Waals surface area contributed by atoms with Crippen molar-refractivity contribution in [1.29, 1.82) is 0 Å². The molecule has 1 aromatic heterocycles. The van der Waals surface area contributed by atoms with Gasteiger partial charge in [0, 0.05) is 34.8 Å². The molecule has 0 radical (unpaired) electrons. The standard InChI is InChI=1S/C32H42O10/c1-6-7-16(14-33)12-18-17(9-11-38-18)25-29(4)10-8-19-30(5,32(29)26(42-32)27(37)40-25)24(36)22(35)23-28(2,3)41-20-13-21(34)39-15-31(19,20)23/h9,11,16,19-20,23-26,33,36H,6-8,10,12-15H2,1-5H3. The van der Waals surface area contributed by atoms with Gasteiger partial charge in [0.15, 0.2) is 11.9 Å². The number of carbonyl (C=O) groups is 3. The first-order chi connectivity index (χ1) is 19.8. The van der Waals surface area contributed by atoms with E-state index in [1.165, 1.54) is 0 Å². The number of furan rings is 1. The highest BCUT2D eigenvalue weighted by Gasteiger charge is 2.90. The zero-order valence-corrected chi connectivity index (χ0v) is 25.0. The molecular formula is C32H42O10. The zero-order valence-electron chi connectivity index (χ0n) is 25.0. The SMILES string of the molecule is CCCC(CO)Cc1occc1C1OC(=O)C2OC23C1(C)CCC1C24COC(=O)CC2OC(C)(C)C4C(=O)C(O)C13C. The molecule has 11 atom stereocenters. The molecule has 10 nitrogen and oxygen atoms in total. The Bertz CT molecular complexity index is 1330. The highest BCUT2D eigenvalue weighted by molar-refractivity contribution is 5.92. The third kappa shape index (κ3) is 3.17. The second-order valence-electron chi connectivity index (χ2n) is 14.6. The first kappa shape index (κ1) is 28.5. The number of fused-ring (bicyclic) bond motifs is 1. The van der Waals surface area contributed by atoms with E-state index < -0.39 is 63.8 Å². The van der Waals surface area contributed by atoms with Crippen molar-refractivity contribution in [3.05, 3.63) is 23.7 Å². The van der Waals surface area contributed by atoms with Crippen molar-refractivity contribution in [2.24, 2.45) is 34.0 Å². The van der Waals surface area contributed by atoms with E-state index in [-0.39, 0.29) is 43.2 Å². The third-order valence-electron chi connectivity index (χ3n) is 12.3. The maximum absolute atomic E-state index is 14.3. The number of carbonyl (C=O) groups excluding carboxylic acids is 3. The highest BCUT2D eigenvalue weighted by atomic mass is 16.7. The molecule has 11 unspecified atom stereocenters. The molecule has 2 spiro atoms. The fourth-order valence-corrected chi connectivity index (χ4v) is 10.7. The van der Waals surface area contributed by atoms with E-state index in [1.54, 1.807) is 6.26 Å². The van der Waals surface area contributed by atoms with Gasteiger partial charge in [0.1, 0.15) is 30.2 Å². The minimum atomic E-state index is -1.42. The Balaban J connectivity index is 1.35. The summed E-state index contributed by atoms with van der Waals surface area (Å²) in [6, 6.07) is 1.82. The van der Waals surface area contributed by atoms with Gasteiger partial charge in [-0.1, -0.05) is 27.2 Å². The van der Waals surface area contributed by atoms with E-state index in [0.29, 0.717) is 25.0 Å². The van der Waals surface area contributed by atoms with Crippen molar-refractivity contribution in [3.63, 3.8) is 0 Å². The number of epoxide rings is 1. The summed E-state index contributed by atoms with van der Waals surface area (Å²) in [5.41, 5.74) is -4.18. The van der Waals surface area contributed by atoms with Crippen LogP contribution in [0.1, 0.15) is 84.2 Å². The van der Waals surface area contributed by atoms with Crippen LogP contribution < -0.4 is 0 Å². The Hall–Kier alpha value is -2.27. The molecule has 5 heterocycles. The second kappa shape index (κ2) is 8.89. The van der Waals surface area contributed by atoms with Gasteiger partial charge in [0.05, 0.1) is 30.3 Å². The van der Waals surface area contributed by atoms with Gasteiger partial charge in [-0.2, -0.15) is 0 Å². The van der Waals surface area contributed by atoms with Crippen LogP contribution in [0.4, 0.5) is 0 Å². The summed E-state index contributed by atoms with van der Waals surface area (Å²) in [7, 11) is 0. The van der Waals surface area contributed by atoms with Crippen LogP contribution in [0.3, 0.4) is 0 Å². The first-order valence-corrected chi connectivity index (χ1v) is 15.4. The molecule has 2 saturated carbocycles. The molecule has 2 N–H and O–H groups in total. The third-order valence-corrected chi connectivity index (χ3v) is 12.3. The van der Waals surface area contributed by atoms with Crippen molar-refractivity contribution in [1.82, 2.24) is 0 Å². The van der Waals surface area contributed by atoms with Gasteiger partial charge in [-0.25, -0.2) is 4.79 Å².